The lowest BCUT2D eigenvalue weighted by molar-refractivity contribution is -0.143. The van der Waals surface area contributed by atoms with Gasteiger partial charge in [0.25, 0.3) is 0 Å². The summed E-state index contributed by atoms with van der Waals surface area (Å²) < 4.78 is 5.75. The molecule has 1 heterocycles. The number of carbonyl (C=O) groups excluding carboxylic acids is 3. The van der Waals surface area contributed by atoms with E-state index in [-0.39, 0.29) is 24.6 Å². The first-order valence-electron chi connectivity index (χ1n) is 9.66. The van der Waals surface area contributed by atoms with Gasteiger partial charge in [0.1, 0.15) is 6.10 Å². The second-order valence-corrected chi connectivity index (χ2v) is 7.10. The lowest BCUT2D eigenvalue weighted by Gasteiger charge is -2.33. The molecule has 1 aromatic rings. The zero-order chi connectivity index (χ0) is 19.1. The van der Waals surface area contributed by atoms with Crippen molar-refractivity contribution in [2.75, 3.05) is 26.2 Å². The summed E-state index contributed by atoms with van der Waals surface area (Å²) in [6, 6.07) is 9.81. The van der Waals surface area contributed by atoms with Gasteiger partial charge in [-0.3, -0.25) is 14.4 Å². The first-order chi connectivity index (χ1) is 13.1. The number of hydrogen-bond acceptors (Lipinski definition) is 4. The normalized spacial score (nSPS) is 20.7. The maximum atomic E-state index is 12.4. The molecule has 1 saturated carbocycles. The molecule has 27 heavy (non-hydrogen) atoms. The van der Waals surface area contributed by atoms with Crippen LogP contribution in [-0.2, 0) is 19.1 Å². The fraction of sp³-hybridized carbons (Fsp3) is 0.550. The molecule has 1 aliphatic carbocycles. The minimum atomic E-state index is -0.748. The molecule has 1 saturated heterocycles. The number of rotatable bonds is 4. The third-order valence-corrected chi connectivity index (χ3v) is 5.14. The molecule has 0 spiro atoms. The number of nitrogens with zero attached hydrogens (tertiary/aromatic N) is 1. The molecule has 7 nitrogen and oxygen atoms in total. The van der Waals surface area contributed by atoms with Crippen molar-refractivity contribution in [2.24, 2.45) is 0 Å². The van der Waals surface area contributed by atoms with Gasteiger partial charge in [-0.25, -0.2) is 0 Å². The van der Waals surface area contributed by atoms with Gasteiger partial charge in [-0.2, -0.15) is 0 Å². The predicted octanol–water partition coefficient (Wildman–Crippen LogP) is 1.15. The van der Waals surface area contributed by atoms with Crippen LogP contribution in [0.2, 0.25) is 0 Å². The highest BCUT2D eigenvalue weighted by Gasteiger charge is 2.26. The number of ether oxygens (including phenoxy) is 1. The van der Waals surface area contributed by atoms with Crippen LogP contribution >= 0.6 is 0 Å². The average molecular weight is 373 g/mol. The van der Waals surface area contributed by atoms with Crippen LogP contribution in [0.3, 0.4) is 0 Å². The molecule has 1 aliphatic heterocycles. The highest BCUT2D eigenvalue weighted by molar-refractivity contribution is 6.35. The van der Waals surface area contributed by atoms with E-state index < -0.39 is 11.8 Å². The number of amides is 3. The van der Waals surface area contributed by atoms with Crippen molar-refractivity contribution in [1.29, 1.82) is 0 Å². The molecule has 1 atom stereocenters. The maximum Gasteiger partial charge on any atom is 0.309 e. The SMILES string of the molecule is O=C(NCC(=O)N1CCO[C@H](c2ccccc2)C1)C(=O)NC1CCCCC1. The molecule has 3 rings (SSSR count). The molecule has 3 amide bonds. The Balaban J connectivity index is 1.44. The van der Waals surface area contributed by atoms with Crippen LogP contribution < -0.4 is 10.6 Å². The zero-order valence-electron chi connectivity index (χ0n) is 15.5. The second-order valence-electron chi connectivity index (χ2n) is 7.10. The summed E-state index contributed by atoms with van der Waals surface area (Å²) in [7, 11) is 0. The number of benzene rings is 1. The molecule has 7 heteroatoms. The first kappa shape index (κ1) is 19.4. The Bertz CT molecular complexity index is 658. The monoisotopic (exact) mass is 373 g/mol. The van der Waals surface area contributed by atoms with Crippen molar-refractivity contribution in [1.82, 2.24) is 15.5 Å². The second kappa shape index (κ2) is 9.50. The summed E-state index contributed by atoms with van der Waals surface area (Å²) in [5, 5.41) is 5.20. The molecule has 2 fully saturated rings. The Hall–Kier alpha value is -2.41. The Morgan fingerprint density at radius 1 is 1.04 bits per heavy atom. The molecule has 1 aromatic carbocycles. The van der Waals surface area contributed by atoms with Gasteiger partial charge in [-0.15, -0.1) is 0 Å². The molecular weight excluding hydrogens is 346 g/mol. The smallest absolute Gasteiger partial charge is 0.309 e. The van der Waals surface area contributed by atoms with Gasteiger partial charge in [0.15, 0.2) is 0 Å². The van der Waals surface area contributed by atoms with Crippen molar-refractivity contribution in [3.05, 3.63) is 35.9 Å². The third kappa shape index (κ3) is 5.53. The fourth-order valence-electron chi connectivity index (χ4n) is 3.59. The van der Waals surface area contributed by atoms with Crippen molar-refractivity contribution < 1.29 is 19.1 Å². The van der Waals surface area contributed by atoms with Crippen LogP contribution in [0.5, 0.6) is 0 Å². The number of morpholine rings is 1. The van der Waals surface area contributed by atoms with E-state index in [2.05, 4.69) is 10.6 Å². The van der Waals surface area contributed by atoms with Gasteiger partial charge in [0.05, 0.1) is 19.7 Å². The van der Waals surface area contributed by atoms with E-state index in [1.807, 2.05) is 30.3 Å². The predicted molar refractivity (Wildman–Crippen MR) is 99.7 cm³/mol. The van der Waals surface area contributed by atoms with E-state index in [0.717, 1.165) is 31.2 Å². The van der Waals surface area contributed by atoms with Gasteiger partial charge < -0.3 is 20.3 Å². The summed E-state index contributed by atoms with van der Waals surface area (Å²) in [4.78, 5) is 38.0. The fourth-order valence-corrected chi connectivity index (χ4v) is 3.59. The summed E-state index contributed by atoms with van der Waals surface area (Å²) in [6.07, 6.45) is 4.97. The summed E-state index contributed by atoms with van der Waals surface area (Å²) in [6.45, 7) is 1.18. The van der Waals surface area contributed by atoms with Gasteiger partial charge in [0, 0.05) is 12.6 Å². The standard InChI is InChI=1S/C20H27N3O4/c24-18(13-21-19(25)20(26)22-16-9-5-2-6-10-16)23-11-12-27-17(14-23)15-7-3-1-4-8-15/h1,3-4,7-8,16-17H,2,5-6,9-14H2,(H,21,25)(H,22,26)/t17-/m0/s1. The molecule has 0 aromatic heterocycles. The highest BCUT2D eigenvalue weighted by atomic mass is 16.5. The average Bonchev–Trinajstić information content (AvgIpc) is 2.73. The highest BCUT2D eigenvalue weighted by Crippen LogP contribution is 2.21. The quantitative estimate of drug-likeness (QED) is 0.775. The topological polar surface area (TPSA) is 87.7 Å². The van der Waals surface area contributed by atoms with Crippen LogP contribution in [0.25, 0.3) is 0 Å². The maximum absolute atomic E-state index is 12.4. The molecule has 0 radical (unpaired) electrons. The third-order valence-electron chi connectivity index (χ3n) is 5.14. The Morgan fingerprint density at radius 2 is 1.78 bits per heavy atom. The van der Waals surface area contributed by atoms with E-state index in [0.29, 0.717) is 19.7 Å². The van der Waals surface area contributed by atoms with Gasteiger partial charge in [0.2, 0.25) is 5.91 Å². The number of carbonyl (C=O) groups is 3. The molecule has 0 unspecified atom stereocenters. The number of nitrogens with one attached hydrogen (secondary N) is 2. The molecule has 0 bridgehead atoms. The lowest BCUT2D eigenvalue weighted by atomic mass is 9.95. The van der Waals surface area contributed by atoms with Crippen LogP contribution in [0, 0.1) is 0 Å². The van der Waals surface area contributed by atoms with Crippen molar-refractivity contribution in [3.8, 4) is 0 Å². The Kier molecular flexibility index (Phi) is 6.81. The first-order valence-corrected chi connectivity index (χ1v) is 9.66. The van der Waals surface area contributed by atoms with E-state index in [9.17, 15) is 14.4 Å². The molecule has 146 valence electrons. The zero-order valence-corrected chi connectivity index (χ0v) is 15.5. The van der Waals surface area contributed by atoms with Crippen molar-refractivity contribution >= 4 is 17.7 Å². The van der Waals surface area contributed by atoms with E-state index in [1.165, 1.54) is 6.42 Å². The Morgan fingerprint density at radius 3 is 2.52 bits per heavy atom. The van der Waals surface area contributed by atoms with E-state index >= 15 is 0 Å². The lowest BCUT2D eigenvalue weighted by Crippen LogP contribution is -2.50. The minimum absolute atomic E-state index is 0.0681. The summed E-state index contributed by atoms with van der Waals surface area (Å²) >= 11 is 0. The van der Waals surface area contributed by atoms with Crippen LogP contribution in [0.15, 0.2) is 30.3 Å². The van der Waals surface area contributed by atoms with Gasteiger partial charge in [-0.1, -0.05) is 49.6 Å². The van der Waals surface area contributed by atoms with Gasteiger partial charge in [-0.05, 0) is 18.4 Å². The summed E-state index contributed by atoms with van der Waals surface area (Å²) in [5.41, 5.74) is 1.02. The molecule has 2 N–H and O–H groups in total. The largest absolute Gasteiger partial charge is 0.370 e. The summed E-state index contributed by atoms with van der Waals surface area (Å²) in [5.74, 6) is -1.61. The number of hydrogen-bond donors (Lipinski definition) is 2. The van der Waals surface area contributed by atoms with Crippen LogP contribution in [-0.4, -0.2) is 54.9 Å². The van der Waals surface area contributed by atoms with Crippen LogP contribution in [0.1, 0.15) is 43.8 Å². The molecule has 2 aliphatic rings. The van der Waals surface area contributed by atoms with E-state index in [1.54, 1.807) is 4.90 Å². The minimum Gasteiger partial charge on any atom is -0.370 e. The van der Waals surface area contributed by atoms with Crippen LogP contribution in [0.4, 0.5) is 0 Å². The van der Waals surface area contributed by atoms with Gasteiger partial charge >= 0.3 is 11.8 Å². The molecular formula is C20H27N3O4. The van der Waals surface area contributed by atoms with E-state index in [4.69, 9.17) is 4.74 Å². The van der Waals surface area contributed by atoms with Crippen molar-refractivity contribution in [3.63, 3.8) is 0 Å². The Labute approximate surface area is 159 Å². The van der Waals surface area contributed by atoms with Crippen molar-refractivity contribution in [2.45, 2.75) is 44.2 Å².